The van der Waals surface area contributed by atoms with Gasteiger partial charge < -0.3 is 9.47 Å². The second-order valence-corrected chi connectivity index (χ2v) is 6.28. The quantitative estimate of drug-likeness (QED) is 0.636. The fraction of sp³-hybridized carbons (Fsp3) is 0.889. The summed E-state index contributed by atoms with van der Waals surface area (Å²) in [5, 5.41) is 2.93. The molecule has 2 heterocycles. The minimum Gasteiger partial charge on any atom is -0.465 e. The Morgan fingerprint density at radius 1 is 1.62 bits per heavy atom. The third kappa shape index (κ3) is 2.21. The molecule has 0 bridgehead atoms. The van der Waals surface area contributed by atoms with Crippen molar-refractivity contribution in [3.05, 3.63) is 0 Å². The Morgan fingerprint density at radius 3 is 2.94 bits per heavy atom. The summed E-state index contributed by atoms with van der Waals surface area (Å²) in [7, 11) is -3.04. The van der Waals surface area contributed by atoms with Crippen LogP contribution in [0, 0.1) is 0 Å². The van der Waals surface area contributed by atoms with E-state index < -0.39 is 21.6 Å². The molecule has 2 fully saturated rings. The van der Waals surface area contributed by atoms with E-state index in [1.165, 1.54) is 0 Å². The van der Waals surface area contributed by atoms with Gasteiger partial charge in [-0.05, 0) is 6.92 Å². The first-order valence-electron chi connectivity index (χ1n) is 5.25. The number of hydrogen-bond acceptors (Lipinski definition) is 6. The smallest absolute Gasteiger partial charge is 0.325 e. The minimum absolute atomic E-state index is 0.0596. The normalized spacial score (nSPS) is 36.7. The van der Waals surface area contributed by atoms with Crippen molar-refractivity contribution >= 4 is 15.8 Å². The fourth-order valence-corrected chi connectivity index (χ4v) is 3.87. The molecule has 7 heteroatoms. The summed E-state index contributed by atoms with van der Waals surface area (Å²) >= 11 is 0. The summed E-state index contributed by atoms with van der Waals surface area (Å²) in [5.41, 5.74) is -0.865. The summed E-state index contributed by atoms with van der Waals surface area (Å²) in [5.74, 6) is -0.338. The Balaban J connectivity index is 2.01. The number of ether oxygens (including phenoxy) is 2. The lowest BCUT2D eigenvalue weighted by Gasteiger charge is -2.21. The Morgan fingerprint density at radius 2 is 2.38 bits per heavy atom. The van der Waals surface area contributed by atoms with Crippen LogP contribution in [0.25, 0.3) is 0 Å². The molecular weight excluding hydrogens is 234 g/mol. The molecule has 2 aliphatic rings. The molecule has 2 saturated heterocycles. The highest BCUT2D eigenvalue weighted by atomic mass is 32.2. The monoisotopic (exact) mass is 249 g/mol. The number of esters is 1. The van der Waals surface area contributed by atoms with Crippen molar-refractivity contribution in [2.75, 3.05) is 24.7 Å². The van der Waals surface area contributed by atoms with Crippen LogP contribution in [-0.2, 0) is 24.1 Å². The number of carbonyl (C=O) groups excluding carboxylic acids is 1. The molecule has 2 aliphatic heterocycles. The van der Waals surface area contributed by atoms with E-state index in [2.05, 4.69) is 5.32 Å². The van der Waals surface area contributed by atoms with Crippen LogP contribution in [0.3, 0.4) is 0 Å². The molecule has 0 amide bonds. The predicted molar refractivity (Wildman–Crippen MR) is 55.5 cm³/mol. The molecule has 92 valence electrons. The molecule has 1 N–H and O–H groups in total. The summed E-state index contributed by atoms with van der Waals surface area (Å²) in [4.78, 5) is 11.4. The molecule has 0 aromatic heterocycles. The topological polar surface area (TPSA) is 81.7 Å². The maximum absolute atomic E-state index is 11.4. The molecule has 0 aromatic rings. The van der Waals surface area contributed by atoms with Gasteiger partial charge in [-0.1, -0.05) is 0 Å². The van der Waals surface area contributed by atoms with Crippen molar-refractivity contribution in [1.82, 2.24) is 5.32 Å². The first kappa shape index (κ1) is 11.8. The van der Waals surface area contributed by atoms with E-state index in [-0.39, 0.29) is 24.1 Å². The molecule has 0 saturated carbocycles. The number of carbonyl (C=O) groups is 1. The minimum atomic E-state index is -3.04. The highest BCUT2D eigenvalue weighted by molar-refractivity contribution is 7.91. The van der Waals surface area contributed by atoms with Gasteiger partial charge in [0.2, 0.25) is 0 Å². The number of hydrogen-bond donors (Lipinski definition) is 1. The predicted octanol–water partition coefficient (Wildman–Crippen LogP) is -0.947. The van der Waals surface area contributed by atoms with E-state index in [1.54, 1.807) is 6.92 Å². The average Bonchev–Trinajstić information content (AvgIpc) is 2.72. The van der Waals surface area contributed by atoms with Crippen LogP contribution >= 0.6 is 0 Å². The lowest BCUT2D eigenvalue weighted by atomic mass is 10.2. The second kappa shape index (κ2) is 3.97. The van der Waals surface area contributed by atoms with Gasteiger partial charge in [-0.15, -0.1) is 0 Å². The van der Waals surface area contributed by atoms with Gasteiger partial charge in [0.25, 0.3) is 0 Å². The molecule has 0 aromatic carbocycles. The first-order valence-corrected chi connectivity index (χ1v) is 7.07. The lowest BCUT2D eigenvalue weighted by molar-refractivity contribution is -0.145. The zero-order valence-electron chi connectivity index (χ0n) is 9.06. The molecule has 2 rings (SSSR count). The van der Waals surface area contributed by atoms with E-state index in [1.807, 2.05) is 0 Å². The Hall–Kier alpha value is -0.660. The van der Waals surface area contributed by atoms with Crippen LogP contribution in [-0.4, -0.2) is 50.9 Å². The molecule has 16 heavy (non-hydrogen) atoms. The van der Waals surface area contributed by atoms with Crippen molar-refractivity contribution in [3.8, 4) is 0 Å². The third-order valence-corrected chi connectivity index (χ3v) is 4.54. The highest BCUT2D eigenvalue weighted by Gasteiger charge is 2.50. The zero-order chi connectivity index (χ0) is 11.8. The van der Waals surface area contributed by atoms with Crippen LogP contribution in [0.2, 0.25) is 0 Å². The number of rotatable bonds is 2. The number of nitrogens with one attached hydrogen (secondary N) is 1. The largest absolute Gasteiger partial charge is 0.465 e. The van der Waals surface area contributed by atoms with Crippen LogP contribution in [0.5, 0.6) is 0 Å². The van der Waals surface area contributed by atoms with Gasteiger partial charge in [0.05, 0.1) is 24.7 Å². The van der Waals surface area contributed by atoms with Crippen molar-refractivity contribution in [2.45, 2.75) is 25.1 Å². The third-order valence-electron chi connectivity index (χ3n) is 2.80. The summed E-state index contributed by atoms with van der Waals surface area (Å²) in [6, 6.07) is -0.548. The van der Waals surface area contributed by atoms with E-state index in [0.29, 0.717) is 13.0 Å². The van der Waals surface area contributed by atoms with Crippen LogP contribution < -0.4 is 5.32 Å². The molecule has 0 radical (unpaired) electrons. The van der Waals surface area contributed by atoms with Crippen LogP contribution in [0.4, 0.5) is 0 Å². The second-order valence-electron chi connectivity index (χ2n) is 4.10. The van der Waals surface area contributed by atoms with E-state index in [4.69, 9.17) is 9.47 Å². The zero-order valence-corrected chi connectivity index (χ0v) is 9.88. The van der Waals surface area contributed by atoms with Crippen molar-refractivity contribution in [2.24, 2.45) is 0 Å². The first-order chi connectivity index (χ1) is 7.46. The van der Waals surface area contributed by atoms with Gasteiger partial charge in [0, 0.05) is 6.42 Å². The molecule has 6 nitrogen and oxygen atoms in total. The van der Waals surface area contributed by atoms with Crippen molar-refractivity contribution in [3.63, 3.8) is 0 Å². The Labute approximate surface area is 94.2 Å². The van der Waals surface area contributed by atoms with Gasteiger partial charge in [0.15, 0.2) is 9.84 Å². The van der Waals surface area contributed by atoms with Crippen LogP contribution in [0.1, 0.15) is 13.3 Å². The van der Waals surface area contributed by atoms with Gasteiger partial charge in [-0.2, -0.15) is 0 Å². The van der Waals surface area contributed by atoms with Crippen molar-refractivity contribution in [1.29, 1.82) is 0 Å². The Bertz CT molecular complexity index is 393. The van der Waals surface area contributed by atoms with Gasteiger partial charge >= 0.3 is 5.97 Å². The Kier molecular flexibility index (Phi) is 2.93. The molecule has 0 aliphatic carbocycles. The van der Waals surface area contributed by atoms with E-state index in [0.717, 1.165) is 0 Å². The van der Waals surface area contributed by atoms with Crippen LogP contribution in [0.15, 0.2) is 0 Å². The maximum atomic E-state index is 11.4. The highest BCUT2D eigenvalue weighted by Crippen LogP contribution is 2.29. The molecule has 2 atom stereocenters. The van der Waals surface area contributed by atoms with Gasteiger partial charge in [-0.25, -0.2) is 8.42 Å². The number of sulfone groups is 1. The molecule has 1 spiro atoms. The lowest BCUT2D eigenvalue weighted by Crippen LogP contribution is -2.48. The van der Waals surface area contributed by atoms with Gasteiger partial charge in [0.1, 0.15) is 11.8 Å². The van der Waals surface area contributed by atoms with E-state index in [9.17, 15) is 13.2 Å². The molecule has 2 unspecified atom stereocenters. The van der Waals surface area contributed by atoms with Gasteiger partial charge in [-0.3, -0.25) is 10.1 Å². The van der Waals surface area contributed by atoms with Crippen molar-refractivity contribution < 1.29 is 22.7 Å². The standard InChI is InChI=1S/C9H15NO5S/c1-2-14-8(11)7-5-15-9(10-7)3-4-16(12,13)6-9/h7,10H,2-6H2,1H3. The maximum Gasteiger partial charge on any atom is 0.325 e. The van der Waals surface area contributed by atoms with E-state index >= 15 is 0 Å². The fourth-order valence-electron chi connectivity index (χ4n) is 2.06. The molecular formula is C9H15NO5S. The SMILES string of the molecule is CCOC(=O)C1COC2(CCS(=O)(=O)C2)N1. The summed E-state index contributed by atoms with van der Waals surface area (Å²) in [6.45, 7) is 2.21. The summed E-state index contributed by atoms with van der Waals surface area (Å²) < 4.78 is 33.0. The summed E-state index contributed by atoms with van der Waals surface area (Å²) in [6.07, 6.45) is 0.394. The average molecular weight is 249 g/mol.